The molecule has 2 aliphatic rings. The van der Waals surface area contributed by atoms with Gasteiger partial charge in [-0.1, -0.05) is 40.9 Å². The standard InChI is InChI=1S/C16H8O4.2C2H6/c1-7-11-3-9-6-14-12(8(2)16(18)20-14)4-10(9)5-13(11)19-15(7)17;2*1-2/h3-6H,1-2H2;2*1-2H3. The normalized spacial score (nSPS) is 14.0. The highest BCUT2D eigenvalue weighted by Gasteiger charge is 2.28. The molecule has 0 N–H and O–H groups in total. The van der Waals surface area contributed by atoms with Crippen molar-refractivity contribution in [1.82, 2.24) is 0 Å². The van der Waals surface area contributed by atoms with Crippen molar-refractivity contribution in [1.29, 1.82) is 0 Å². The molecule has 2 aromatic rings. The van der Waals surface area contributed by atoms with Gasteiger partial charge in [-0.3, -0.25) is 0 Å². The van der Waals surface area contributed by atoms with E-state index in [0.29, 0.717) is 33.8 Å². The molecule has 0 radical (unpaired) electrons. The molecule has 0 saturated heterocycles. The lowest BCUT2D eigenvalue weighted by Gasteiger charge is -2.04. The molecule has 2 heterocycles. The lowest BCUT2D eigenvalue weighted by molar-refractivity contribution is -0.127. The van der Waals surface area contributed by atoms with E-state index in [1.807, 2.05) is 39.8 Å². The number of esters is 2. The summed E-state index contributed by atoms with van der Waals surface area (Å²) in [6.45, 7) is 15.4. The third kappa shape index (κ3) is 2.60. The van der Waals surface area contributed by atoms with Crippen LogP contribution in [0.25, 0.3) is 21.9 Å². The predicted molar refractivity (Wildman–Crippen MR) is 96.0 cm³/mol. The third-order valence-corrected chi connectivity index (χ3v) is 3.59. The Bertz CT molecular complexity index is 802. The van der Waals surface area contributed by atoms with Gasteiger partial charge in [0.15, 0.2) is 0 Å². The summed E-state index contributed by atoms with van der Waals surface area (Å²) in [5, 5.41) is 1.70. The van der Waals surface area contributed by atoms with Crippen molar-refractivity contribution >= 4 is 33.9 Å². The van der Waals surface area contributed by atoms with E-state index in [0.717, 1.165) is 10.8 Å². The van der Waals surface area contributed by atoms with Crippen LogP contribution in [0.5, 0.6) is 11.5 Å². The maximum absolute atomic E-state index is 11.5. The molecule has 0 fully saturated rings. The quantitative estimate of drug-likeness (QED) is 0.398. The van der Waals surface area contributed by atoms with E-state index >= 15 is 0 Å². The summed E-state index contributed by atoms with van der Waals surface area (Å²) in [7, 11) is 0. The first-order chi connectivity index (χ1) is 11.5. The van der Waals surface area contributed by atoms with Crippen LogP contribution in [0.3, 0.4) is 0 Å². The SMILES string of the molecule is C=C1C(=O)Oc2cc3cc4c(cc3cc21)OC(=O)C4=C.CC.CC. The maximum Gasteiger partial charge on any atom is 0.343 e. The average molecular weight is 324 g/mol. The Labute approximate surface area is 141 Å². The van der Waals surface area contributed by atoms with Crippen LogP contribution in [0, 0.1) is 0 Å². The second-order valence-corrected chi connectivity index (χ2v) is 4.78. The monoisotopic (exact) mass is 324 g/mol. The van der Waals surface area contributed by atoms with Crippen LogP contribution in [-0.2, 0) is 9.59 Å². The van der Waals surface area contributed by atoms with E-state index < -0.39 is 11.9 Å². The number of carbonyl (C=O) groups is 2. The van der Waals surface area contributed by atoms with Gasteiger partial charge >= 0.3 is 11.9 Å². The first-order valence-corrected chi connectivity index (χ1v) is 7.99. The summed E-state index contributed by atoms with van der Waals surface area (Å²) < 4.78 is 10.3. The molecule has 0 aromatic heterocycles. The fraction of sp³-hybridized carbons (Fsp3) is 0.200. The minimum absolute atomic E-state index is 0.337. The van der Waals surface area contributed by atoms with Crippen molar-refractivity contribution in [2.45, 2.75) is 27.7 Å². The molecule has 0 bridgehead atoms. The van der Waals surface area contributed by atoms with E-state index in [1.165, 1.54) is 0 Å². The van der Waals surface area contributed by atoms with Gasteiger partial charge in [0.2, 0.25) is 0 Å². The highest BCUT2D eigenvalue weighted by atomic mass is 16.5. The van der Waals surface area contributed by atoms with Gasteiger partial charge in [-0.15, -0.1) is 0 Å². The molecule has 0 saturated carbocycles. The number of fused-ring (bicyclic) bond motifs is 3. The molecule has 24 heavy (non-hydrogen) atoms. The van der Waals surface area contributed by atoms with E-state index in [-0.39, 0.29) is 0 Å². The molecule has 0 aliphatic carbocycles. The first kappa shape index (κ1) is 17.5. The van der Waals surface area contributed by atoms with E-state index in [1.54, 1.807) is 12.1 Å². The Morgan fingerprint density at radius 2 is 1.00 bits per heavy atom. The van der Waals surface area contributed by atoms with Crippen LogP contribution in [-0.4, -0.2) is 11.9 Å². The summed E-state index contributed by atoms with van der Waals surface area (Å²) in [4.78, 5) is 23.0. The van der Waals surface area contributed by atoms with Crippen molar-refractivity contribution in [3.05, 3.63) is 48.6 Å². The fourth-order valence-corrected chi connectivity index (χ4v) is 2.49. The van der Waals surface area contributed by atoms with Crippen molar-refractivity contribution in [3.63, 3.8) is 0 Å². The summed E-state index contributed by atoms with van der Waals surface area (Å²) in [6.07, 6.45) is 0. The largest absolute Gasteiger partial charge is 0.422 e. The smallest absolute Gasteiger partial charge is 0.343 e. The van der Waals surface area contributed by atoms with Crippen LogP contribution < -0.4 is 9.47 Å². The highest BCUT2D eigenvalue weighted by molar-refractivity contribution is 6.23. The number of hydrogen-bond acceptors (Lipinski definition) is 4. The molecule has 124 valence electrons. The lowest BCUT2D eigenvalue weighted by Crippen LogP contribution is -1.98. The first-order valence-electron chi connectivity index (χ1n) is 7.99. The van der Waals surface area contributed by atoms with Gasteiger partial charge in [-0.2, -0.15) is 0 Å². The lowest BCUT2D eigenvalue weighted by atomic mass is 9.99. The Balaban J connectivity index is 0.000000487. The van der Waals surface area contributed by atoms with Crippen LogP contribution in [0.4, 0.5) is 0 Å². The Morgan fingerprint density at radius 1 is 0.667 bits per heavy atom. The highest BCUT2D eigenvalue weighted by Crippen LogP contribution is 2.41. The molecule has 0 atom stereocenters. The van der Waals surface area contributed by atoms with Crippen LogP contribution >= 0.6 is 0 Å². The van der Waals surface area contributed by atoms with E-state index in [4.69, 9.17) is 9.47 Å². The van der Waals surface area contributed by atoms with Gasteiger partial charge in [0.25, 0.3) is 0 Å². The zero-order chi connectivity index (χ0) is 18.0. The number of ether oxygens (including phenoxy) is 2. The van der Waals surface area contributed by atoms with Gasteiger partial charge in [-0.05, 0) is 35.0 Å². The zero-order valence-corrected chi connectivity index (χ0v) is 14.4. The van der Waals surface area contributed by atoms with Gasteiger partial charge in [0.1, 0.15) is 11.5 Å². The predicted octanol–water partition coefficient (Wildman–Crippen LogP) is 4.76. The van der Waals surface area contributed by atoms with Crippen LogP contribution in [0.2, 0.25) is 0 Å². The number of hydrogen-bond donors (Lipinski definition) is 0. The van der Waals surface area contributed by atoms with Crippen LogP contribution in [0.15, 0.2) is 37.4 Å². The number of benzene rings is 2. The van der Waals surface area contributed by atoms with Crippen LogP contribution in [0.1, 0.15) is 38.8 Å². The van der Waals surface area contributed by atoms with Crippen molar-refractivity contribution in [3.8, 4) is 11.5 Å². The molecule has 4 nitrogen and oxygen atoms in total. The molecule has 0 spiro atoms. The summed E-state index contributed by atoms with van der Waals surface area (Å²) >= 11 is 0. The summed E-state index contributed by atoms with van der Waals surface area (Å²) in [5.41, 5.74) is 2.02. The molecule has 0 unspecified atom stereocenters. The average Bonchev–Trinajstić information content (AvgIpc) is 3.04. The van der Waals surface area contributed by atoms with E-state index in [2.05, 4.69) is 13.2 Å². The minimum atomic E-state index is -0.432. The fourth-order valence-electron chi connectivity index (χ4n) is 2.49. The summed E-state index contributed by atoms with van der Waals surface area (Å²) in [5.74, 6) is 0.115. The van der Waals surface area contributed by atoms with Gasteiger partial charge < -0.3 is 9.47 Å². The van der Waals surface area contributed by atoms with Gasteiger partial charge in [0, 0.05) is 11.1 Å². The number of rotatable bonds is 0. The maximum atomic E-state index is 11.5. The van der Waals surface area contributed by atoms with Crippen molar-refractivity contribution in [2.24, 2.45) is 0 Å². The van der Waals surface area contributed by atoms with Crippen molar-refractivity contribution in [2.75, 3.05) is 0 Å². The Hall–Kier alpha value is -2.88. The molecular weight excluding hydrogens is 304 g/mol. The Morgan fingerprint density at radius 3 is 1.33 bits per heavy atom. The zero-order valence-electron chi connectivity index (χ0n) is 14.4. The molecule has 2 aromatic carbocycles. The topological polar surface area (TPSA) is 52.6 Å². The molecule has 2 aliphatic heterocycles. The Kier molecular flexibility index (Phi) is 4.88. The second kappa shape index (κ2) is 6.71. The molecule has 0 amide bonds. The van der Waals surface area contributed by atoms with E-state index in [9.17, 15) is 9.59 Å². The molecular formula is C20H20O4. The van der Waals surface area contributed by atoms with Gasteiger partial charge in [-0.25, -0.2) is 9.59 Å². The third-order valence-electron chi connectivity index (χ3n) is 3.59. The second-order valence-electron chi connectivity index (χ2n) is 4.78. The number of carbonyl (C=O) groups excluding carboxylic acids is 2. The molecule has 4 heteroatoms. The summed E-state index contributed by atoms with van der Waals surface area (Å²) in [6, 6.07) is 7.15. The van der Waals surface area contributed by atoms with Crippen molar-refractivity contribution < 1.29 is 19.1 Å². The minimum Gasteiger partial charge on any atom is -0.422 e. The van der Waals surface area contributed by atoms with Gasteiger partial charge in [0.05, 0.1) is 11.1 Å². The molecule has 4 rings (SSSR count).